The van der Waals surface area contributed by atoms with Gasteiger partial charge in [0.2, 0.25) is 10.0 Å². The number of benzene rings is 2. The molecule has 1 aliphatic rings. The minimum absolute atomic E-state index is 0.309. The molecule has 1 aliphatic heterocycles. The van der Waals surface area contributed by atoms with Gasteiger partial charge in [0.05, 0.1) is 0 Å². The molecule has 164 valence electrons. The summed E-state index contributed by atoms with van der Waals surface area (Å²) in [6, 6.07) is 10.1. The van der Waals surface area contributed by atoms with Gasteiger partial charge in [-0.15, -0.1) is 0 Å². The molecular formula is C22H28F2N2O3S. The minimum Gasteiger partial charge on any atom is -0.492 e. The number of rotatable bonds is 8. The molecule has 0 bridgehead atoms. The first-order chi connectivity index (χ1) is 14.3. The van der Waals surface area contributed by atoms with Crippen LogP contribution in [0.5, 0.6) is 5.75 Å². The SMILES string of the molecule is CC(C)c1ccccc1OCCN1CCC(NS(=O)(=O)c2cc(F)ccc2F)CC1. The topological polar surface area (TPSA) is 58.6 Å². The van der Waals surface area contributed by atoms with Crippen molar-refractivity contribution in [1.82, 2.24) is 9.62 Å². The molecule has 0 aromatic heterocycles. The second-order valence-corrected chi connectivity index (χ2v) is 9.54. The van der Waals surface area contributed by atoms with Crippen LogP contribution < -0.4 is 9.46 Å². The Morgan fingerprint density at radius 1 is 1.13 bits per heavy atom. The van der Waals surface area contributed by atoms with E-state index in [1.54, 1.807) is 0 Å². The van der Waals surface area contributed by atoms with Crippen molar-refractivity contribution < 1.29 is 21.9 Å². The molecule has 0 aliphatic carbocycles. The van der Waals surface area contributed by atoms with Crippen molar-refractivity contribution in [3.05, 3.63) is 59.7 Å². The number of ether oxygens (including phenoxy) is 1. The van der Waals surface area contributed by atoms with E-state index in [9.17, 15) is 17.2 Å². The number of hydrogen-bond acceptors (Lipinski definition) is 4. The molecule has 2 aromatic carbocycles. The Bertz CT molecular complexity index is 959. The van der Waals surface area contributed by atoms with E-state index in [0.29, 0.717) is 44.5 Å². The maximum absolute atomic E-state index is 13.8. The fourth-order valence-electron chi connectivity index (χ4n) is 3.61. The van der Waals surface area contributed by atoms with Gasteiger partial charge in [-0.05, 0) is 61.7 Å². The smallest absolute Gasteiger partial charge is 0.243 e. The first-order valence-corrected chi connectivity index (χ1v) is 11.7. The van der Waals surface area contributed by atoms with Crippen molar-refractivity contribution in [3.63, 3.8) is 0 Å². The van der Waals surface area contributed by atoms with E-state index >= 15 is 0 Å². The van der Waals surface area contributed by atoms with Crippen LogP contribution in [0.15, 0.2) is 47.4 Å². The van der Waals surface area contributed by atoms with E-state index in [2.05, 4.69) is 29.5 Å². The van der Waals surface area contributed by atoms with Crippen LogP contribution >= 0.6 is 0 Å². The quantitative estimate of drug-likeness (QED) is 0.679. The highest BCUT2D eigenvalue weighted by Crippen LogP contribution is 2.26. The number of nitrogens with zero attached hydrogens (tertiary/aromatic N) is 1. The van der Waals surface area contributed by atoms with Gasteiger partial charge < -0.3 is 4.74 Å². The lowest BCUT2D eigenvalue weighted by molar-refractivity contribution is 0.170. The third-order valence-corrected chi connectivity index (χ3v) is 6.83. The molecule has 5 nitrogen and oxygen atoms in total. The molecule has 8 heteroatoms. The molecule has 0 spiro atoms. The van der Waals surface area contributed by atoms with Gasteiger partial charge in [-0.25, -0.2) is 21.9 Å². The first kappa shape index (κ1) is 22.7. The molecule has 0 radical (unpaired) electrons. The zero-order valence-electron chi connectivity index (χ0n) is 17.3. The molecule has 0 unspecified atom stereocenters. The third-order valence-electron chi connectivity index (χ3n) is 5.30. The number of sulfonamides is 1. The van der Waals surface area contributed by atoms with E-state index in [4.69, 9.17) is 4.74 Å². The van der Waals surface area contributed by atoms with Crippen LogP contribution in [0, 0.1) is 11.6 Å². The van der Waals surface area contributed by atoms with Crippen molar-refractivity contribution in [2.24, 2.45) is 0 Å². The molecule has 1 N–H and O–H groups in total. The summed E-state index contributed by atoms with van der Waals surface area (Å²) in [6.07, 6.45) is 1.19. The van der Waals surface area contributed by atoms with E-state index in [1.165, 1.54) is 5.56 Å². The number of nitrogens with one attached hydrogen (secondary N) is 1. The van der Waals surface area contributed by atoms with Crippen molar-refractivity contribution in [1.29, 1.82) is 0 Å². The van der Waals surface area contributed by atoms with Gasteiger partial charge in [-0.2, -0.15) is 0 Å². The Labute approximate surface area is 177 Å². The second kappa shape index (κ2) is 9.85. The van der Waals surface area contributed by atoms with Gasteiger partial charge in [-0.1, -0.05) is 32.0 Å². The Kier molecular flexibility index (Phi) is 7.44. The van der Waals surface area contributed by atoms with Gasteiger partial charge in [0.1, 0.15) is 28.9 Å². The molecule has 0 amide bonds. The number of piperidine rings is 1. The highest BCUT2D eigenvalue weighted by molar-refractivity contribution is 7.89. The van der Waals surface area contributed by atoms with Gasteiger partial charge in [-0.3, -0.25) is 4.90 Å². The fraction of sp³-hybridized carbons (Fsp3) is 0.455. The average Bonchev–Trinajstić information content (AvgIpc) is 2.71. The standard InChI is InChI=1S/C22H28F2N2O3S/c1-16(2)19-5-3-4-6-21(19)29-14-13-26-11-9-18(10-12-26)25-30(27,28)22-15-17(23)7-8-20(22)24/h3-8,15-16,18,25H,9-14H2,1-2H3. The van der Waals surface area contributed by atoms with Crippen molar-refractivity contribution >= 4 is 10.0 Å². The van der Waals surface area contributed by atoms with E-state index < -0.39 is 26.6 Å². The Morgan fingerprint density at radius 3 is 2.53 bits per heavy atom. The monoisotopic (exact) mass is 438 g/mol. The summed E-state index contributed by atoms with van der Waals surface area (Å²) in [6.45, 7) is 6.95. The Balaban J connectivity index is 1.48. The van der Waals surface area contributed by atoms with Crippen LogP contribution in [0.4, 0.5) is 8.78 Å². The number of likely N-dealkylation sites (tertiary alicyclic amines) is 1. The number of halogens is 2. The number of hydrogen-bond donors (Lipinski definition) is 1. The molecule has 1 saturated heterocycles. The van der Waals surface area contributed by atoms with Crippen LogP contribution in [0.3, 0.4) is 0 Å². The summed E-state index contributed by atoms with van der Waals surface area (Å²) >= 11 is 0. The van der Waals surface area contributed by atoms with Crippen LogP contribution in [0.1, 0.15) is 38.2 Å². The maximum Gasteiger partial charge on any atom is 0.243 e. The molecule has 1 fully saturated rings. The zero-order chi connectivity index (χ0) is 21.7. The summed E-state index contributed by atoms with van der Waals surface area (Å²) in [5.74, 6) is -0.467. The molecule has 30 heavy (non-hydrogen) atoms. The summed E-state index contributed by atoms with van der Waals surface area (Å²) in [7, 11) is -4.10. The van der Waals surface area contributed by atoms with Crippen molar-refractivity contribution in [2.75, 3.05) is 26.2 Å². The van der Waals surface area contributed by atoms with Gasteiger partial charge in [0, 0.05) is 12.6 Å². The van der Waals surface area contributed by atoms with E-state index in [0.717, 1.165) is 24.4 Å². The predicted molar refractivity (Wildman–Crippen MR) is 112 cm³/mol. The van der Waals surface area contributed by atoms with Gasteiger partial charge in [0.15, 0.2) is 0 Å². The largest absolute Gasteiger partial charge is 0.492 e. The van der Waals surface area contributed by atoms with Gasteiger partial charge in [0.25, 0.3) is 0 Å². The van der Waals surface area contributed by atoms with Crippen molar-refractivity contribution in [3.8, 4) is 5.75 Å². The van der Waals surface area contributed by atoms with E-state index in [1.807, 2.05) is 18.2 Å². The maximum atomic E-state index is 13.8. The molecule has 2 aromatic rings. The third kappa shape index (κ3) is 5.77. The molecule has 0 saturated carbocycles. The molecular weight excluding hydrogens is 410 g/mol. The first-order valence-electron chi connectivity index (χ1n) is 10.2. The van der Waals surface area contributed by atoms with E-state index in [-0.39, 0.29) is 6.04 Å². The predicted octanol–water partition coefficient (Wildman–Crippen LogP) is 3.91. The zero-order valence-corrected chi connectivity index (χ0v) is 18.1. The lowest BCUT2D eigenvalue weighted by atomic mass is 10.0. The summed E-state index contributed by atoms with van der Waals surface area (Å²) in [5.41, 5.74) is 1.18. The number of para-hydroxylation sites is 1. The van der Waals surface area contributed by atoms with Crippen LogP contribution in [0.25, 0.3) is 0 Å². The summed E-state index contributed by atoms with van der Waals surface area (Å²) in [5, 5.41) is 0. The fourth-order valence-corrected chi connectivity index (χ4v) is 5.01. The van der Waals surface area contributed by atoms with Crippen LogP contribution in [0.2, 0.25) is 0 Å². The average molecular weight is 439 g/mol. The molecule has 3 rings (SSSR count). The molecule has 0 atom stereocenters. The highest BCUT2D eigenvalue weighted by Gasteiger charge is 2.27. The lowest BCUT2D eigenvalue weighted by Crippen LogP contribution is -2.45. The summed E-state index contributed by atoms with van der Waals surface area (Å²) in [4.78, 5) is 1.56. The van der Waals surface area contributed by atoms with Gasteiger partial charge >= 0.3 is 0 Å². The minimum atomic E-state index is -4.10. The Hall–Kier alpha value is -2.03. The summed E-state index contributed by atoms with van der Waals surface area (Å²) < 4.78 is 60.5. The van der Waals surface area contributed by atoms with Crippen LogP contribution in [-0.4, -0.2) is 45.6 Å². The van der Waals surface area contributed by atoms with Crippen LogP contribution in [-0.2, 0) is 10.0 Å². The highest BCUT2D eigenvalue weighted by atomic mass is 32.2. The van der Waals surface area contributed by atoms with Crippen molar-refractivity contribution in [2.45, 2.75) is 43.5 Å². The Morgan fingerprint density at radius 2 is 1.83 bits per heavy atom. The lowest BCUT2D eigenvalue weighted by Gasteiger charge is -2.32. The normalized spacial score (nSPS) is 16.2. The molecule has 1 heterocycles. The second-order valence-electron chi connectivity index (χ2n) is 7.85.